The Kier molecular flexibility index (Phi) is 6.65. The van der Waals surface area contributed by atoms with Gasteiger partial charge in [-0.05, 0) is 43.2 Å². The van der Waals surface area contributed by atoms with Crippen LogP contribution in [0.2, 0.25) is 5.02 Å². The average molecular weight is 428 g/mol. The van der Waals surface area contributed by atoms with E-state index in [1.165, 1.54) is 18.2 Å². The first-order valence-corrected chi connectivity index (χ1v) is 8.95. The molecule has 0 heterocycles. The molecule has 0 bridgehead atoms. The molecule has 0 aliphatic rings. The summed E-state index contributed by atoms with van der Waals surface area (Å²) in [6, 6.07) is 8.61. The fraction of sp³-hybridized carbons (Fsp3) is 0.300. The van der Waals surface area contributed by atoms with Crippen LogP contribution < -0.4 is 9.47 Å². The number of ether oxygens (including phenoxy) is 2. The molecule has 9 heteroatoms. The number of hydrogen-bond acceptors (Lipinski definition) is 4. The quantitative estimate of drug-likeness (QED) is 0.582. The van der Waals surface area contributed by atoms with Crippen LogP contribution in [0.15, 0.2) is 36.4 Å². The van der Waals surface area contributed by atoms with E-state index in [0.29, 0.717) is 0 Å². The highest BCUT2D eigenvalue weighted by Gasteiger charge is 2.38. The monoisotopic (exact) mass is 427 g/mol. The normalized spacial score (nSPS) is 11.6. The number of rotatable bonds is 7. The predicted molar refractivity (Wildman–Crippen MR) is 99.3 cm³/mol. The first kappa shape index (κ1) is 22.4. The number of alkyl halides is 3. The third kappa shape index (κ3) is 4.93. The summed E-state index contributed by atoms with van der Waals surface area (Å²) in [6.45, 7) is 3.29. The Morgan fingerprint density at radius 2 is 1.79 bits per heavy atom. The summed E-state index contributed by atoms with van der Waals surface area (Å²) in [6.07, 6.45) is -4.24. The van der Waals surface area contributed by atoms with E-state index in [0.717, 1.165) is 18.2 Å². The molecule has 0 aromatic heterocycles. The molecule has 1 N–H and O–H groups in total. The van der Waals surface area contributed by atoms with Crippen molar-refractivity contribution in [1.82, 2.24) is 0 Å². The maximum atomic E-state index is 12.8. The highest BCUT2D eigenvalue weighted by Crippen LogP contribution is 2.38. The second kappa shape index (κ2) is 8.62. The van der Waals surface area contributed by atoms with E-state index in [2.05, 4.69) is 0 Å². The van der Waals surface area contributed by atoms with Gasteiger partial charge in [-0.15, -0.1) is 0 Å². The van der Waals surface area contributed by atoms with Crippen LogP contribution >= 0.6 is 11.6 Å². The highest BCUT2D eigenvalue weighted by molar-refractivity contribution is 6.32. The Bertz CT molecular complexity index is 950. The van der Waals surface area contributed by atoms with Crippen molar-refractivity contribution in [3.05, 3.63) is 52.5 Å². The van der Waals surface area contributed by atoms with Crippen molar-refractivity contribution in [2.45, 2.75) is 38.5 Å². The molecule has 0 aliphatic carbocycles. The lowest BCUT2D eigenvalue weighted by molar-refractivity contribution is -0.156. The van der Waals surface area contributed by atoms with Crippen LogP contribution in [-0.2, 0) is 11.0 Å². The molecule has 0 saturated heterocycles. The standard InChI is InChI=1S/C20H17ClF3NO4/c1-3-19(4-2,18(26)27)29-17-10-14(7-5-12(17)11-25)28-16-8-6-13(9-15(16)21)20(22,23)24/h5-10H,3-4H2,1-2H3,(H,26,27). The van der Waals surface area contributed by atoms with Gasteiger partial charge in [-0.25, -0.2) is 4.79 Å². The minimum atomic E-state index is -4.54. The molecular weight excluding hydrogens is 411 g/mol. The number of carboxylic acid groups (broad SMARTS) is 1. The van der Waals surface area contributed by atoms with Gasteiger partial charge in [0.2, 0.25) is 5.60 Å². The number of carboxylic acids is 1. The van der Waals surface area contributed by atoms with Crippen LogP contribution in [-0.4, -0.2) is 16.7 Å². The Morgan fingerprint density at radius 3 is 2.28 bits per heavy atom. The van der Waals surface area contributed by atoms with Crippen LogP contribution in [0.25, 0.3) is 0 Å². The van der Waals surface area contributed by atoms with Gasteiger partial charge < -0.3 is 14.6 Å². The summed E-state index contributed by atoms with van der Waals surface area (Å²) in [5, 5.41) is 18.6. The van der Waals surface area contributed by atoms with Crippen LogP contribution in [0.5, 0.6) is 17.2 Å². The lowest BCUT2D eigenvalue weighted by atomic mass is 9.97. The van der Waals surface area contributed by atoms with Crippen LogP contribution in [0, 0.1) is 11.3 Å². The van der Waals surface area contributed by atoms with Gasteiger partial charge in [0.15, 0.2) is 0 Å². The number of hydrogen-bond donors (Lipinski definition) is 1. The minimum Gasteiger partial charge on any atom is -0.478 e. The minimum absolute atomic E-state index is 0.0147. The van der Waals surface area contributed by atoms with E-state index in [-0.39, 0.29) is 40.7 Å². The van der Waals surface area contributed by atoms with Crippen molar-refractivity contribution in [3.8, 4) is 23.3 Å². The zero-order valence-corrected chi connectivity index (χ0v) is 16.3. The molecule has 0 spiro atoms. The summed E-state index contributed by atoms with van der Waals surface area (Å²) >= 11 is 5.89. The molecule has 2 aromatic rings. The van der Waals surface area contributed by atoms with E-state index >= 15 is 0 Å². The molecule has 154 valence electrons. The fourth-order valence-electron chi connectivity index (χ4n) is 2.58. The van der Waals surface area contributed by atoms with Crippen molar-refractivity contribution in [2.24, 2.45) is 0 Å². The second-order valence-electron chi connectivity index (χ2n) is 6.12. The molecule has 0 amide bonds. The maximum Gasteiger partial charge on any atom is 0.416 e. The number of nitriles is 1. The van der Waals surface area contributed by atoms with E-state index in [1.807, 2.05) is 6.07 Å². The smallest absolute Gasteiger partial charge is 0.416 e. The fourth-order valence-corrected chi connectivity index (χ4v) is 2.80. The van der Waals surface area contributed by atoms with Crippen molar-refractivity contribution >= 4 is 17.6 Å². The maximum absolute atomic E-state index is 12.8. The zero-order chi connectivity index (χ0) is 21.8. The summed E-state index contributed by atoms with van der Waals surface area (Å²) in [4.78, 5) is 11.7. The summed E-state index contributed by atoms with van der Waals surface area (Å²) in [5.41, 5.74) is -2.37. The summed E-state index contributed by atoms with van der Waals surface area (Å²) < 4.78 is 49.5. The van der Waals surface area contributed by atoms with E-state index in [4.69, 9.17) is 21.1 Å². The van der Waals surface area contributed by atoms with Gasteiger partial charge in [0.1, 0.15) is 23.3 Å². The Morgan fingerprint density at radius 1 is 1.14 bits per heavy atom. The lowest BCUT2D eigenvalue weighted by Crippen LogP contribution is -2.43. The number of halogens is 4. The molecule has 0 saturated carbocycles. The summed E-state index contributed by atoms with van der Waals surface area (Å²) in [5.74, 6) is -1.11. The molecule has 2 aromatic carbocycles. The first-order chi connectivity index (χ1) is 13.6. The molecule has 0 unspecified atom stereocenters. The van der Waals surface area contributed by atoms with Gasteiger partial charge in [0.05, 0.1) is 16.1 Å². The van der Waals surface area contributed by atoms with Gasteiger partial charge in [0.25, 0.3) is 0 Å². The molecule has 0 radical (unpaired) electrons. The lowest BCUT2D eigenvalue weighted by Gasteiger charge is -2.28. The SMILES string of the molecule is CCC(CC)(Oc1cc(Oc2ccc(C(F)(F)F)cc2Cl)ccc1C#N)C(=O)O. The molecule has 5 nitrogen and oxygen atoms in total. The van der Waals surface area contributed by atoms with Crippen molar-refractivity contribution in [3.63, 3.8) is 0 Å². The van der Waals surface area contributed by atoms with E-state index in [9.17, 15) is 28.3 Å². The Hall–Kier alpha value is -2.92. The van der Waals surface area contributed by atoms with Crippen molar-refractivity contribution in [2.75, 3.05) is 0 Å². The number of aliphatic carboxylic acids is 1. The van der Waals surface area contributed by atoms with Crippen LogP contribution in [0.3, 0.4) is 0 Å². The second-order valence-corrected chi connectivity index (χ2v) is 6.53. The van der Waals surface area contributed by atoms with Gasteiger partial charge in [-0.3, -0.25) is 0 Å². The van der Waals surface area contributed by atoms with Gasteiger partial charge in [0, 0.05) is 6.07 Å². The Labute approximate surface area is 170 Å². The number of benzene rings is 2. The highest BCUT2D eigenvalue weighted by atomic mass is 35.5. The third-order valence-electron chi connectivity index (χ3n) is 4.40. The number of nitrogens with zero attached hydrogens (tertiary/aromatic N) is 1. The van der Waals surface area contributed by atoms with E-state index in [1.54, 1.807) is 13.8 Å². The predicted octanol–water partition coefficient (Wildman–Crippen LogP) is 6.04. The zero-order valence-electron chi connectivity index (χ0n) is 15.5. The molecule has 0 aliphatic heterocycles. The van der Waals surface area contributed by atoms with Crippen LogP contribution in [0.1, 0.15) is 37.8 Å². The molecule has 0 fully saturated rings. The topological polar surface area (TPSA) is 79.5 Å². The Balaban J connectivity index is 2.39. The molecule has 2 rings (SSSR count). The van der Waals surface area contributed by atoms with Crippen molar-refractivity contribution < 1.29 is 32.5 Å². The summed E-state index contributed by atoms with van der Waals surface area (Å²) in [7, 11) is 0. The molecule has 0 atom stereocenters. The van der Waals surface area contributed by atoms with Crippen molar-refractivity contribution in [1.29, 1.82) is 5.26 Å². The van der Waals surface area contributed by atoms with Gasteiger partial charge >= 0.3 is 12.1 Å². The van der Waals surface area contributed by atoms with E-state index < -0.39 is 23.3 Å². The third-order valence-corrected chi connectivity index (χ3v) is 4.69. The number of carbonyl (C=O) groups is 1. The largest absolute Gasteiger partial charge is 0.478 e. The van der Waals surface area contributed by atoms with Gasteiger partial charge in [-0.2, -0.15) is 18.4 Å². The first-order valence-electron chi connectivity index (χ1n) is 8.57. The van der Waals surface area contributed by atoms with Gasteiger partial charge in [-0.1, -0.05) is 25.4 Å². The average Bonchev–Trinajstić information content (AvgIpc) is 2.67. The molecular formula is C20H17ClF3NO4. The van der Waals surface area contributed by atoms with Crippen LogP contribution in [0.4, 0.5) is 13.2 Å². The molecule has 29 heavy (non-hydrogen) atoms.